The molecule has 1 amide bonds. The van der Waals surface area contributed by atoms with Gasteiger partial charge in [0.1, 0.15) is 5.75 Å². The van der Waals surface area contributed by atoms with Crippen molar-refractivity contribution in [3.05, 3.63) is 77.1 Å². The van der Waals surface area contributed by atoms with Gasteiger partial charge in [0, 0.05) is 19.1 Å². The quantitative estimate of drug-likeness (QED) is 0.607. The van der Waals surface area contributed by atoms with Gasteiger partial charge >= 0.3 is 0 Å². The zero-order valence-corrected chi connectivity index (χ0v) is 18.1. The monoisotopic (exact) mass is 419 g/mol. The van der Waals surface area contributed by atoms with E-state index in [2.05, 4.69) is 39.6 Å². The summed E-state index contributed by atoms with van der Waals surface area (Å²) in [5.41, 5.74) is 3.84. The highest BCUT2D eigenvalue weighted by molar-refractivity contribution is 5.91. The fraction of sp³-hybridized carbons (Fsp3) is 0.375. The molecule has 0 aliphatic carbocycles. The molecule has 7 heteroatoms. The maximum atomic E-state index is 12.4. The highest BCUT2D eigenvalue weighted by Gasteiger charge is 2.25. The molecule has 0 bridgehead atoms. The highest BCUT2D eigenvalue weighted by atomic mass is 16.5. The first-order valence-electron chi connectivity index (χ1n) is 10.7. The van der Waals surface area contributed by atoms with E-state index in [0.29, 0.717) is 18.3 Å². The first kappa shape index (κ1) is 21.1. The Morgan fingerprint density at radius 3 is 2.81 bits per heavy atom. The Bertz CT molecular complexity index is 1020. The summed E-state index contributed by atoms with van der Waals surface area (Å²) < 4.78 is 7.16. The Kier molecular flexibility index (Phi) is 6.62. The van der Waals surface area contributed by atoms with E-state index in [9.17, 15) is 4.79 Å². The molecule has 4 rings (SSSR count). The Hall–Kier alpha value is -3.19. The molecule has 31 heavy (non-hydrogen) atoms. The van der Waals surface area contributed by atoms with Crippen molar-refractivity contribution in [3.63, 3.8) is 0 Å². The van der Waals surface area contributed by atoms with Gasteiger partial charge in [-0.15, -0.1) is 5.10 Å². The highest BCUT2D eigenvalue weighted by Crippen LogP contribution is 2.24. The molecule has 0 unspecified atom stereocenters. The van der Waals surface area contributed by atoms with Gasteiger partial charge in [-0.05, 0) is 49.1 Å². The van der Waals surface area contributed by atoms with Gasteiger partial charge in [0.25, 0.3) is 5.91 Å². The molecule has 7 nitrogen and oxygen atoms in total. The minimum absolute atomic E-state index is 0.202. The Morgan fingerprint density at radius 2 is 2.03 bits per heavy atom. The van der Waals surface area contributed by atoms with E-state index in [0.717, 1.165) is 42.9 Å². The molecule has 1 N–H and O–H groups in total. The predicted molar refractivity (Wildman–Crippen MR) is 119 cm³/mol. The molecule has 1 fully saturated rings. The number of aromatic nitrogens is 3. The molecule has 3 aromatic rings. The number of nitrogens with zero attached hydrogens (tertiary/aromatic N) is 4. The van der Waals surface area contributed by atoms with Crippen LogP contribution in [0, 0.1) is 6.92 Å². The minimum atomic E-state index is -0.202. The van der Waals surface area contributed by atoms with Crippen LogP contribution in [0.15, 0.2) is 54.7 Å². The van der Waals surface area contributed by atoms with Crippen LogP contribution in [0.25, 0.3) is 0 Å². The molecule has 162 valence electrons. The van der Waals surface area contributed by atoms with Gasteiger partial charge in [0.05, 0.1) is 19.9 Å². The van der Waals surface area contributed by atoms with E-state index in [1.807, 2.05) is 36.4 Å². The second-order valence-corrected chi connectivity index (χ2v) is 8.06. The van der Waals surface area contributed by atoms with Crippen molar-refractivity contribution in [3.8, 4) is 5.75 Å². The first-order chi connectivity index (χ1) is 15.1. The van der Waals surface area contributed by atoms with Crippen LogP contribution in [0.4, 0.5) is 0 Å². The van der Waals surface area contributed by atoms with Crippen molar-refractivity contribution in [2.24, 2.45) is 0 Å². The van der Waals surface area contributed by atoms with Gasteiger partial charge in [-0.1, -0.05) is 47.7 Å². The lowest BCUT2D eigenvalue weighted by Gasteiger charge is -2.24. The summed E-state index contributed by atoms with van der Waals surface area (Å²) in [5, 5.41) is 11.2. The SMILES string of the molecule is COc1ccc(CN2CCC[C@H]2Cn2cc(C(=O)NCc3ccccc3)nn2)cc1C. The van der Waals surface area contributed by atoms with Crippen molar-refractivity contribution in [2.75, 3.05) is 13.7 Å². The van der Waals surface area contributed by atoms with Crippen LogP contribution in [0.3, 0.4) is 0 Å². The summed E-state index contributed by atoms with van der Waals surface area (Å²) in [6.45, 7) is 5.24. The zero-order valence-electron chi connectivity index (χ0n) is 18.1. The zero-order chi connectivity index (χ0) is 21.6. The fourth-order valence-electron chi connectivity index (χ4n) is 4.16. The normalized spacial score (nSPS) is 16.4. The number of rotatable bonds is 8. The van der Waals surface area contributed by atoms with Crippen LogP contribution in [0.5, 0.6) is 5.75 Å². The molecule has 0 radical (unpaired) electrons. The summed E-state index contributed by atoms with van der Waals surface area (Å²) in [6.07, 6.45) is 4.03. The topological polar surface area (TPSA) is 72.3 Å². The standard InChI is InChI=1S/C24H29N5O2/c1-18-13-20(10-11-23(18)31-2)15-28-12-6-9-21(28)16-29-17-22(26-27-29)24(30)25-14-19-7-4-3-5-8-19/h3-5,7-8,10-11,13,17,21H,6,9,12,14-16H2,1-2H3,(H,25,30)/t21-/m0/s1. The molecule has 2 heterocycles. The van der Waals surface area contributed by atoms with Crippen LogP contribution in [0.2, 0.25) is 0 Å². The second kappa shape index (κ2) is 9.75. The van der Waals surface area contributed by atoms with Gasteiger partial charge in [-0.25, -0.2) is 0 Å². The van der Waals surface area contributed by atoms with Crippen molar-refractivity contribution in [1.29, 1.82) is 0 Å². The molecule has 0 spiro atoms. The van der Waals surface area contributed by atoms with E-state index in [-0.39, 0.29) is 5.91 Å². The maximum absolute atomic E-state index is 12.4. The number of hydrogen-bond acceptors (Lipinski definition) is 5. The fourth-order valence-corrected chi connectivity index (χ4v) is 4.16. The van der Waals surface area contributed by atoms with Crippen LogP contribution < -0.4 is 10.1 Å². The lowest BCUT2D eigenvalue weighted by atomic mass is 10.1. The lowest BCUT2D eigenvalue weighted by Crippen LogP contribution is -2.32. The average Bonchev–Trinajstić information content (AvgIpc) is 3.43. The van der Waals surface area contributed by atoms with E-state index in [4.69, 9.17) is 4.74 Å². The first-order valence-corrected chi connectivity index (χ1v) is 10.7. The number of hydrogen-bond donors (Lipinski definition) is 1. The summed E-state index contributed by atoms with van der Waals surface area (Å²) in [5.74, 6) is 0.717. The van der Waals surface area contributed by atoms with Gasteiger partial charge < -0.3 is 10.1 Å². The molecule has 1 saturated heterocycles. The number of methoxy groups -OCH3 is 1. The molecular formula is C24H29N5O2. The van der Waals surface area contributed by atoms with E-state index in [1.165, 1.54) is 12.0 Å². The number of carbonyl (C=O) groups is 1. The number of nitrogens with one attached hydrogen (secondary N) is 1. The van der Waals surface area contributed by atoms with Crippen molar-refractivity contribution in [2.45, 2.75) is 45.4 Å². The van der Waals surface area contributed by atoms with Crippen molar-refractivity contribution < 1.29 is 9.53 Å². The van der Waals surface area contributed by atoms with Gasteiger partial charge in [0.2, 0.25) is 0 Å². The minimum Gasteiger partial charge on any atom is -0.496 e. The number of carbonyl (C=O) groups excluding carboxylic acids is 1. The third-order valence-electron chi connectivity index (χ3n) is 5.81. The van der Waals surface area contributed by atoms with Crippen molar-refractivity contribution in [1.82, 2.24) is 25.2 Å². The molecule has 1 atom stereocenters. The molecular weight excluding hydrogens is 390 g/mol. The van der Waals surface area contributed by atoms with E-state index < -0.39 is 0 Å². The Balaban J connectivity index is 1.34. The summed E-state index contributed by atoms with van der Waals surface area (Å²) in [7, 11) is 1.70. The van der Waals surface area contributed by atoms with Crippen molar-refractivity contribution >= 4 is 5.91 Å². The molecule has 1 aliphatic rings. The summed E-state index contributed by atoms with van der Waals surface area (Å²) in [4.78, 5) is 14.9. The number of aryl methyl sites for hydroxylation is 1. The van der Waals surface area contributed by atoms with Crippen LogP contribution in [-0.4, -0.2) is 45.5 Å². The molecule has 1 aromatic heterocycles. The smallest absolute Gasteiger partial charge is 0.273 e. The number of benzene rings is 2. The van der Waals surface area contributed by atoms with E-state index in [1.54, 1.807) is 18.0 Å². The third-order valence-corrected chi connectivity index (χ3v) is 5.81. The summed E-state index contributed by atoms with van der Waals surface area (Å²) in [6, 6.07) is 16.6. The number of ether oxygens (including phenoxy) is 1. The van der Waals surface area contributed by atoms with Crippen LogP contribution in [0.1, 0.15) is 40.0 Å². The molecule has 0 saturated carbocycles. The number of likely N-dealkylation sites (tertiary alicyclic amines) is 1. The van der Waals surface area contributed by atoms with Crippen LogP contribution >= 0.6 is 0 Å². The molecule has 1 aliphatic heterocycles. The third kappa shape index (κ3) is 5.30. The Morgan fingerprint density at radius 1 is 1.19 bits per heavy atom. The van der Waals surface area contributed by atoms with E-state index >= 15 is 0 Å². The molecule has 2 aromatic carbocycles. The predicted octanol–water partition coefficient (Wildman–Crippen LogP) is 3.19. The van der Waals surface area contributed by atoms with Crippen LogP contribution in [-0.2, 0) is 19.6 Å². The lowest BCUT2D eigenvalue weighted by molar-refractivity contribution is 0.0945. The maximum Gasteiger partial charge on any atom is 0.273 e. The Labute approximate surface area is 183 Å². The average molecular weight is 420 g/mol. The van der Waals surface area contributed by atoms with Gasteiger partial charge in [0.15, 0.2) is 5.69 Å². The number of amides is 1. The summed E-state index contributed by atoms with van der Waals surface area (Å²) >= 11 is 0. The second-order valence-electron chi connectivity index (χ2n) is 8.06. The largest absolute Gasteiger partial charge is 0.496 e. The van der Waals surface area contributed by atoms with Gasteiger partial charge in [-0.2, -0.15) is 0 Å². The van der Waals surface area contributed by atoms with Gasteiger partial charge in [-0.3, -0.25) is 14.4 Å².